The lowest BCUT2D eigenvalue weighted by Gasteiger charge is -2.45. The summed E-state index contributed by atoms with van der Waals surface area (Å²) in [6.45, 7) is 3.25. The number of para-hydroxylation sites is 1. The second-order valence-corrected chi connectivity index (χ2v) is 8.45. The van der Waals surface area contributed by atoms with Crippen molar-refractivity contribution in [1.82, 2.24) is 9.88 Å². The van der Waals surface area contributed by atoms with Crippen LogP contribution in [0.3, 0.4) is 0 Å². The third kappa shape index (κ3) is 3.63. The van der Waals surface area contributed by atoms with Crippen LogP contribution in [-0.4, -0.2) is 35.9 Å². The molecule has 1 saturated heterocycles. The second kappa shape index (κ2) is 8.13. The predicted octanol–water partition coefficient (Wildman–Crippen LogP) is 4.51. The molecule has 1 fully saturated rings. The number of nitrogens with one attached hydrogen (secondary N) is 1. The lowest BCUT2D eigenvalue weighted by Crippen LogP contribution is -2.46. The Morgan fingerprint density at radius 1 is 1.10 bits per heavy atom. The summed E-state index contributed by atoms with van der Waals surface area (Å²) in [7, 11) is 0. The number of aldehydes is 1. The van der Waals surface area contributed by atoms with Gasteiger partial charge in [0.15, 0.2) is 0 Å². The summed E-state index contributed by atoms with van der Waals surface area (Å²) in [5.41, 5.74) is 5.28. The summed E-state index contributed by atoms with van der Waals surface area (Å²) in [5, 5.41) is 1.36. The molecule has 0 bridgehead atoms. The molecule has 3 heterocycles. The van der Waals surface area contributed by atoms with Crippen LogP contribution in [0.5, 0.6) is 0 Å². The van der Waals surface area contributed by atoms with E-state index in [1.165, 1.54) is 34.0 Å². The van der Waals surface area contributed by atoms with E-state index in [2.05, 4.69) is 46.3 Å². The van der Waals surface area contributed by atoms with Crippen molar-refractivity contribution >= 4 is 17.2 Å². The third-order valence-electron chi connectivity index (χ3n) is 6.77. The van der Waals surface area contributed by atoms with E-state index in [4.69, 9.17) is 4.74 Å². The van der Waals surface area contributed by atoms with Gasteiger partial charge in [-0.05, 0) is 42.4 Å². The van der Waals surface area contributed by atoms with Crippen LogP contribution < -0.4 is 0 Å². The molecule has 3 aromatic rings. The number of hydrogen-bond acceptors (Lipinski definition) is 3. The minimum absolute atomic E-state index is 0.109. The van der Waals surface area contributed by atoms with Gasteiger partial charge in [0, 0.05) is 42.2 Å². The quantitative estimate of drug-likeness (QED) is 0.499. The third-order valence-corrected chi connectivity index (χ3v) is 6.77. The molecule has 1 N–H and O–H groups in total. The number of carbonyl (C=O) groups excluding carboxylic acids is 1. The maximum atomic E-state index is 11.8. The molecule has 1 aromatic heterocycles. The molecule has 0 spiro atoms. The predicted molar refractivity (Wildman–Crippen MR) is 115 cm³/mol. The van der Waals surface area contributed by atoms with Gasteiger partial charge in [0.05, 0.1) is 12.6 Å². The van der Waals surface area contributed by atoms with Gasteiger partial charge in [-0.1, -0.05) is 48.5 Å². The van der Waals surface area contributed by atoms with Gasteiger partial charge in [-0.3, -0.25) is 4.90 Å². The number of H-pyrrole nitrogens is 1. The van der Waals surface area contributed by atoms with Crippen molar-refractivity contribution in [2.45, 2.75) is 31.9 Å². The van der Waals surface area contributed by atoms with E-state index in [1.807, 2.05) is 18.2 Å². The number of nitrogens with zero attached hydrogens (tertiary/aromatic N) is 1. The zero-order valence-electron chi connectivity index (χ0n) is 16.7. The first-order chi connectivity index (χ1) is 14.3. The highest BCUT2D eigenvalue weighted by atomic mass is 16.5. The first kappa shape index (κ1) is 18.6. The molecule has 4 heteroatoms. The number of carbonyl (C=O) groups is 1. The fourth-order valence-electron chi connectivity index (χ4n) is 5.22. The standard InChI is InChI=1S/C25H28N2O2/c28-16-20-15-27-12-10-22-21-8-4-5-9-23(21)26-25(22)24(27)14-19(20)11-13-29-17-18-6-2-1-3-7-18/h1-9,16,19-20,24,26H,10-15,17H2/t19-,20+,24-/m0/s1. The zero-order valence-corrected chi connectivity index (χ0v) is 16.7. The normalized spacial score (nSPS) is 24.2. The molecule has 29 heavy (non-hydrogen) atoms. The van der Waals surface area contributed by atoms with Gasteiger partial charge in [-0.2, -0.15) is 0 Å². The zero-order chi connectivity index (χ0) is 19.6. The molecular formula is C25H28N2O2. The Hall–Kier alpha value is -2.43. The van der Waals surface area contributed by atoms with E-state index in [-0.39, 0.29) is 5.92 Å². The van der Waals surface area contributed by atoms with Gasteiger partial charge in [-0.25, -0.2) is 0 Å². The minimum Gasteiger partial charge on any atom is -0.377 e. The topological polar surface area (TPSA) is 45.3 Å². The van der Waals surface area contributed by atoms with Crippen LogP contribution in [0.25, 0.3) is 10.9 Å². The molecule has 2 aromatic carbocycles. The molecule has 2 aliphatic heterocycles. The summed E-state index contributed by atoms with van der Waals surface area (Å²) in [4.78, 5) is 18.0. The first-order valence-corrected chi connectivity index (χ1v) is 10.7. The van der Waals surface area contributed by atoms with E-state index in [9.17, 15) is 4.79 Å². The second-order valence-electron chi connectivity index (χ2n) is 8.45. The first-order valence-electron chi connectivity index (χ1n) is 10.7. The average molecular weight is 389 g/mol. The Labute approximate surface area is 171 Å². The number of hydrogen-bond donors (Lipinski definition) is 1. The van der Waals surface area contributed by atoms with E-state index < -0.39 is 0 Å². The number of aromatic nitrogens is 1. The molecule has 0 amide bonds. The fourth-order valence-corrected chi connectivity index (χ4v) is 5.22. The Balaban J connectivity index is 1.28. The number of piperidine rings is 1. The van der Waals surface area contributed by atoms with Crippen LogP contribution in [0.1, 0.15) is 35.7 Å². The SMILES string of the molecule is O=C[C@H]1CN2CCc3c([nH]c4ccccc34)[C@@H]2C[C@@H]1CCOCc1ccccc1. The molecule has 0 radical (unpaired) electrons. The Morgan fingerprint density at radius 3 is 2.79 bits per heavy atom. The number of ether oxygens (including phenoxy) is 1. The Bertz CT molecular complexity index is 981. The van der Waals surface area contributed by atoms with E-state index in [0.717, 1.165) is 32.4 Å². The van der Waals surface area contributed by atoms with Gasteiger partial charge < -0.3 is 14.5 Å². The van der Waals surface area contributed by atoms with Crippen molar-refractivity contribution in [3.63, 3.8) is 0 Å². The van der Waals surface area contributed by atoms with E-state index in [1.54, 1.807) is 0 Å². The van der Waals surface area contributed by atoms with Crippen LogP contribution in [-0.2, 0) is 22.6 Å². The van der Waals surface area contributed by atoms with Crippen LogP contribution in [0, 0.1) is 11.8 Å². The summed E-state index contributed by atoms with van der Waals surface area (Å²) >= 11 is 0. The van der Waals surface area contributed by atoms with Crippen molar-refractivity contribution in [3.8, 4) is 0 Å². The molecule has 0 aliphatic carbocycles. The lowest BCUT2D eigenvalue weighted by atomic mass is 9.77. The highest BCUT2D eigenvalue weighted by Crippen LogP contribution is 2.43. The molecule has 0 unspecified atom stereocenters. The van der Waals surface area contributed by atoms with Crippen molar-refractivity contribution < 1.29 is 9.53 Å². The maximum Gasteiger partial charge on any atom is 0.124 e. The van der Waals surface area contributed by atoms with E-state index >= 15 is 0 Å². The minimum atomic E-state index is 0.109. The van der Waals surface area contributed by atoms with Gasteiger partial charge in [0.1, 0.15) is 6.29 Å². The number of benzene rings is 2. The van der Waals surface area contributed by atoms with Gasteiger partial charge in [-0.15, -0.1) is 0 Å². The van der Waals surface area contributed by atoms with Crippen LogP contribution in [0.15, 0.2) is 54.6 Å². The van der Waals surface area contributed by atoms with Crippen molar-refractivity contribution in [1.29, 1.82) is 0 Å². The fraction of sp³-hybridized carbons (Fsp3) is 0.400. The number of fused-ring (bicyclic) bond motifs is 5. The lowest BCUT2D eigenvalue weighted by molar-refractivity contribution is -0.116. The molecule has 0 saturated carbocycles. The smallest absolute Gasteiger partial charge is 0.124 e. The monoisotopic (exact) mass is 388 g/mol. The number of aromatic amines is 1. The highest BCUT2D eigenvalue weighted by molar-refractivity contribution is 5.85. The largest absolute Gasteiger partial charge is 0.377 e. The van der Waals surface area contributed by atoms with Gasteiger partial charge in [0.25, 0.3) is 0 Å². The summed E-state index contributed by atoms with van der Waals surface area (Å²) in [6.07, 6.45) is 4.21. The Kier molecular flexibility index (Phi) is 5.21. The summed E-state index contributed by atoms with van der Waals surface area (Å²) in [5.74, 6) is 0.486. The molecule has 4 nitrogen and oxygen atoms in total. The molecule has 2 aliphatic rings. The maximum absolute atomic E-state index is 11.8. The van der Waals surface area contributed by atoms with Crippen LogP contribution in [0.4, 0.5) is 0 Å². The van der Waals surface area contributed by atoms with E-state index in [0.29, 0.717) is 25.2 Å². The molecular weight excluding hydrogens is 360 g/mol. The van der Waals surface area contributed by atoms with Gasteiger partial charge >= 0.3 is 0 Å². The average Bonchev–Trinajstić information content (AvgIpc) is 3.16. The van der Waals surface area contributed by atoms with Gasteiger partial charge in [0.2, 0.25) is 0 Å². The summed E-state index contributed by atoms with van der Waals surface area (Å²) < 4.78 is 5.93. The molecule has 5 rings (SSSR count). The molecule has 150 valence electrons. The van der Waals surface area contributed by atoms with Crippen molar-refractivity contribution in [2.24, 2.45) is 11.8 Å². The van der Waals surface area contributed by atoms with Crippen molar-refractivity contribution in [2.75, 3.05) is 19.7 Å². The highest BCUT2D eigenvalue weighted by Gasteiger charge is 2.39. The molecule has 3 atom stereocenters. The number of rotatable bonds is 6. The van der Waals surface area contributed by atoms with Crippen molar-refractivity contribution in [3.05, 3.63) is 71.4 Å². The van der Waals surface area contributed by atoms with Crippen LogP contribution >= 0.6 is 0 Å². The summed E-state index contributed by atoms with van der Waals surface area (Å²) in [6, 6.07) is 19.3. The van der Waals surface area contributed by atoms with Crippen LogP contribution in [0.2, 0.25) is 0 Å². The Morgan fingerprint density at radius 2 is 1.93 bits per heavy atom.